The van der Waals surface area contributed by atoms with E-state index in [0.717, 1.165) is 0 Å². The lowest BCUT2D eigenvalue weighted by Gasteiger charge is -2.20. The summed E-state index contributed by atoms with van der Waals surface area (Å²) in [4.78, 5) is 23.2. The summed E-state index contributed by atoms with van der Waals surface area (Å²) in [5, 5.41) is 13.7. The number of ether oxygens (including phenoxy) is 3. The molecule has 0 aliphatic rings. The van der Waals surface area contributed by atoms with Crippen molar-refractivity contribution in [1.29, 1.82) is 0 Å². The van der Waals surface area contributed by atoms with Gasteiger partial charge in [0, 0.05) is 12.4 Å². The predicted molar refractivity (Wildman–Crippen MR) is 92.0 cm³/mol. The fourth-order valence-electron chi connectivity index (χ4n) is 2.37. The Morgan fingerprint density at radius 3 is 2.23 bits per heavy atom. The minimum Gasteiger partial charge on any atom is -0.550 e. The van der Waals surface area contributed by atoms with Crippen LogP contribution in [0.25, 0.3) is 0 Å². The summed E-state index contributed by atoms with van der Waals surface area (Å²) in [6.07, 6.45) is -0.354. The molecule has 1 atom stereocenters. The Morgan fingerprint density at radius 2 is 1.65 bits per heavy atom. The quantitative estimate of drug-likeness (QED) is 0.720. The van der Waals surface area contributed by atoms with E-state index in [1.54, 1.807) is 48.5 Å². The molecule has 0 unspecified atom stereocenters. The minimum absolute atomic E-state index is 0.278. The number of para-hydroxylation sites is 2. The number of hydrogen-bond donors (Lipinski definition) is 1. The molecule has 2 rings (SSSR count). The standard InChI is InChI=1S/C19H21NO6/c1-24-14-9-7-13(8-10-14)15(11-19(22)23)20-18(21)12-26-17-6-4-3-5-16(17)25-2/h3-10,15H,11-12H2,1-2H3,(H,20,21)(H,22,23)/p-1/t15-/m1/s1. The van der Waals surface area contributed by atoms with E-state index in [2.05, 4.69) is 5.32 Å². The van der Waals surface area contributed by atoms with Crippen LogP contribution in [0.15, 0.2) is 48.5 Å². The van der Waals surface area contributed by atoms with Crippen molar-refractivity contribution in [3.8, 4) is 17.2 Å². The number of carbonyl (C=O) groups excluding carboxylic acids is 2. The van der Waals surface area contributed by atoms with Crippen molar-refractivity contribution in [1.82, 2.24) is 5.32 Å². The van der Waals surface area contributed by atoms with Crippen molar-refractivity contribution < 1.29 is 28.9 Å². The zero-order valence-electron chi connectivity index (χ0n) is 14.6. The van der Waals surface area contributed by atoms with Gasteiger partial charge in [-0.1, -0.05) is 24.3 Å². The zero-order valence-corrected chi connectivity index (χ0v) is 14.6. The lowest BCUT2D eigenvalue weighted by Crippen LogP contribution is -2.36. The molecule has 0 aromatic heterocycles. The third kappa shape index (κ3) is 5.41. The van der Waals surface area contributed by atoms with Gasteiger partial charge in [0.05, 0.1) is 20.3 Å². The summed E-state index contributed by atoms with van der Waals surface area (Å²) in [5.74, 6) is -0.172. The monoisotopic (exact) mass is 358 g/mol. The molecule has 0 bridgehead atoms. The summed E-state index contributed by atoms with van der Waals surface area (Å²) in [5.41, 5.74) is 0.626. The first-order valence-electron chi connectivity index (χ1n) is 7.92. The van der Waals surface area contributed by atoms with Crippen molar-refractivity contribution >= 4 is 11.9 Å². The molecule has 0 heterocycles. The van der Waals surface area contributed by atoms with Crippen molar-refractivity contribution in [2.24, 2.45) is 0 Å². The first kappa shape index (κ1) is 19.1. The first-order valence-corrected chi connectivity index (χ1v) is 7.92. The fourth-order valence-corrected chi connectivity index (χ4v) is 2.37. The summed E-state index contributed by atoms with van der Waals surface area (Å²) in [6.45, 7) is -0.278. The van der Waals surface area contributed by atoms with Gasteiger partial charge in [-0.15, -0.1) is 0 Å². The van der Waals surface area contributed by atoms with Crippen LogP contribution in [0, 0.1) is 0 Å². The molecule has 7 nitrogen and oxygen atoms in total. The van der Waals surface area contributed by atoms with Crippen LogP contribution in [-0.4, -0.2) is 32.7 Å². The molecule has 26 heavy (non-hydrogen) atoms. The van der Waals surface area contributed by atoms with E-state index < -0.39 is 17.9 Å². The van der Waals surface area contributed by atoms with Gasteiger partial charge >= 0.3 is 0 Å². The molecule has 0 saturated carbocycles. The molecule has 2 aromatic rings. The topological polar surface area (TPSA) is 96.9 Å². The first-order chi connectivity index (χ1) is 12.5. The number of amides is 1. The molecule has 0 spiro atoms. The SMILES string of the molecule is COc1ccc([C@@H](CC(=O)[O-])NC(=O)COc2ccccc2OC)cc1. The van der Waals surface area contributed by atoms with Crippen LogP contribution in [0.5, 0.6) is 17.2 Å². The lowest BCUT2D eigenvalue weighted by molar-refractivity contribution is -0.306. The van der Waals surface area contributed by atoms with E-state index in [1.165, 1.54) is 14.2 Å². The average Bonchev–Trinajstić information content (AvgIpc) is 2.65. The summed E-state index contributed by atoms with van der Waals surface area (Å²) in [6, 6.07) is 12.9. The number of carboxylic acids is 1. The Hall–Kier alpha value is -3.22. The zero-order chi connectivity index (χ0) is 18.9. The van der Waals surface area contributed by atoms with E-state index in [9.17, 15) is 14.7 Å². The van der Waals surface area contributed by atoms with Gasteiger partial charge in [0.15, 0.2) is 18.1 Å². The number of nitrogens with one attached hydrogen (secondary N) is 1. The van der Waals surface area contributed by atoms with Crippen LogP contribution >= 0.6 is 0 Å². The van der Waals surface area contributed by atoms with Crippen LogP contribution in [0.4, 0.5) is 0 Å². The Bertz CT molecular complexity index is 744. The third-order valence-corrected chi connectivity index (χ3v) is 3.65. The van der Waals surface area contributed by atoms with Gasteiger partial charge < -0.3 is 29.4 Å². The Balaban J connectivity index is 2.02. The molecule has 2 aromatic carbocycles. The van der Waals surface area contributed by atoms with Crippen LogP contribution in [0.1, 0.15) is 18.0 Å². The molecule has 0 aliphatic carbocycles. The Kier molecular flexibility index (Phi) is 6.84. The van der Waals surface area contributed by atoms with Crippen molar-refractivity contribution in [2.75, 3.05) is 20.8 Å². The summed E-state index contributed by atoms with van der Waals surface area (Å²) >= 11 is 0. The number of methoxy groups -OCH3 is 2. The molecule has 0 radical (unpaired) electrons. The molecular formula is C19H20NO6-. The van der Waals surface area contributed by atoms with Crippen LogP contribution in [0.2, 0.25) is 0 Å². The molecule has 1 N–H and O–H groups in total. The smallest absolute Gasteiger partial charge is 0.258 e. The number of benzene rings is 2. The molecular weight excluding hydrogens is 338 g/mol. The second-order valence-electron chi connectivity index (χ2n) is 5.41. The third-order valence-electron chi connectivity index (χ3n) is 3.65. The average molecular weight is 358 g/mol. The predicted octanol–water partition coefficient (Wildman–Crippen LogP) is 1.08. The Morgan fingerprint density at radius 1 is 1.00 bits per heavy atom. The van der Waals surface area contributed by atoms with Gasteiger partial charge in [0.1, 0.15) is 5.75 Å². The van der Waals surface area contributed by atoms with E-state index in [-0.39, 0.29) is 13.0 Å². The summed E-state index contributed by atoms with van der Waals surface area (Å²) < 4.78 is 15.7. The largest absolute Gasteiger partial charge is 0.550 e. The number of rotatable bonds is 9. The molecule has 1 amide bonds. The van der Waals surface area contributed by atoms with E-state index in [1.807, 2.05) is 0 Å². The lowest BCUT2D eigenvalue weighted by atomic mass is 10.0. The van der Waals surface area contributed by atoms with Gasteiger partial charge in [0.25, 0.3) is 5.91 Å². The summed E-state index contributed by atoms with van der Waals surface area (Å²) in [7, 11) is 3.03. The van der Waals surface area contributed by atoms with E-state index in [4.69, 9.17) is 14.2 Å². The van der Waals surface area contributed by atoms with Crippen LogP contribution in [-0.2, 0) is 9.59 Å². The number of aliphatic carboxylic acids is 1. The molecule has 0 fully saturated rings. The highest BCUT2D eigenvalue weighted by atomic mass is 16.5. The normalized spacial score (nSPS) is 11.3. The van der Waals surface area contributed by atoms with Crippen LogP contribution in [0.3, 0.4) is 0 Å². The maximum atomic E-state index is 12.2. The molecule has 138 valence electrons. The maximum absolute atomic E-state index is 12.2. The van der Waals surface area contributed by atoms with E-state index in [0.29, 0.717) is 22.8 Å². The fraction of sp³-hybridized carbons (Fsp3) is 0.263. The molecule has 0 saturated heterocycles. The van der Waals surface area contributed by atoms with Gasteiger partial charge in [0.2, 0.25) is 0 Å². The van der Waals surface area contributed by atoms with Crippen molar-refractivity contribution in [2.45, 2.75) is 12.5 Å². The minimum atomic E-state index is -1.27. The number of carbonyl (C=O) groups is 2. The number of carboxylic acid groups (broad SMARTS) is 1. The highest BCUT2D eigenvalue weighted by molar-refractivity contribution is 5.79. The number of hydrogen-bond acceptors (Lipinski definition) is 6. The van der Waals surface area contributed by atoms with Crippen molar-refractivity contribution in [3.05, 3.63) is 54.1 Å². The Labute approximate surface area is 151 Å². The van der Waals surface area contributed by atoms with Crippen LogP contribution < -0.4 is 24.6 Å². The second kappa shape index (κ2) is 9.31. The maximum Gasteiger partial charge on any atom is 0.258 e. The molecule has 0 aliphatic heterocycles. The second-order valence-corrected chi connectivity index (χ2v) is 5.41. The van der Waals surface area contributed by atoms with Gasteiger partial charge in [-0.3, -0.25) is 4.79 Å². The highest BCUT2D eigenvalue weighted by Crippen LogP contribution is 2.25. The highest BCUT2D eigenvalue weighted by Gasteiger charge is 2.16. The van der Waals surface area contributed by atoms with Gasteiger partial charge in [-0.05, 0) is 29.8 Å². The van der Waals surface area contributed by atoms with Gasteiger partial charge in [-0.2, -0.15) is 0 Å². The molecule has 7 heteroatoms. The van der Waals surface area contributed by atoms with Gasteiger partial charge in [-0.25, -0.2) is 0 Å². The van der Waals surface area contributed by atoms with Crippen molar-refractivity contribution in [3.63, 3.8) is 0 Å². The van der Waals surface area contributed by atoms with E-state index >= 15 is 0 Å².